The Balaban J connectivity index is 1.69. The van der Waals surface area contributed by atoms with Gasteiger partial charge in [0.15, 0.2) is 0 Å². The molecule has 0 N–H and O–H groups in total. The van der Waals surface area contributed by atoms with Crippen LogP contribution in [0.2, 0.25) is 0 Å². The average molecular weight is 408 g/mol. The number of benzene rings is 1. The molecule has 8 atom stereocenters. The monoisotopic (exact) mass is 408 g/mol. The first kappa shape index (κ1) is 18.4. The topological polar surface area (TPSA) is 59.1 Å². The maximum Gasteiger partial charge on any atom is 0.317 e. The van der Waals surface area contributed by atoms with E-state index in [-0.39, 0.29) is 29.9 Å². The molecule has 6 aliphatic rings. The summed E-state index contributed by atoms with van der Waals surface area (Å²) in [4.78, 5) is 31.0. The summed E-state index contributed by atoms with van der Waals surface area (Å²) in [5, 5.41) is 0. The van der Waals surface area contributed by atoms with Gasteiger partial charge in [-0.05, 0) is 31.4 Å². The van der Waals surface area contributed by atoms with Crippen LogP contribution in [0.4, 0.5) is 5.69 Å². The number of ether oxygens (including phenoxy) is 2. The van der Waals surface area contributed by atoms with Crippen LogP contribution in [0.3, 0.4) is 0 Å². The van der Waals surface area contributed by atoms with Gasteiger partial charge in [0.25, 0.3) is 0 Å². The third-order valence-corrected chi connectivity index (χ3v) is 8.97. The number of esters is 2. The number of piperidine rings is 4. The lowest BCUT2D eigenvalue weighted by atomic mass is 9.58. The molecule has 4 unspecified atom stereocenters. The minimum atomic E-state index is -0.857. The highest BCUT2D eigenvalue weighted by Crippen LogP contribution is 2.73. The fraction of sp³-hybridized carbons (Fsp3) is 0.583. The number of fused-ring (bicyclic) bond motifs is 2. The van der Waals surface area contributed by atoms with Crippen molar-refractivity contribution in [1.82, 2.24) is 4.90 Å². The first-order chi connectivity index (χ1) is 14.4. The van der Waals surface area contributed by atoms with E-state index in [1.165, 1.54) is 30.9 Å². The van der Waals surface area contributed by atoms with Crippen LogP contribution in [-0.4, -0.2) is 61.8 Å². The molecule has 1 saturated carbocycles. The van der Waals surface area contributed by atoms with Crippen molar-refractivity contribution in [3.63, 3.8) is 0 Å². The second-order valence-corrected chi connectivity index (χ2v) is 9.64. The molecule has 0 amide bonds. The Kier molecular flexibility index (Phi) is 3.48. The molecule has 7 rings (SSSR count). The molecule has 6 nitrogen and oxygen atoms in total. The molecular weight excluding hydrogens is 380 g/mol. The Labute approximate surface area is 176 Å². The second-order valence-electron chi connectivity index (χ2n) is 9.64. The van der Waals surface area contributed by atoms with Gasteiger partial charge in [0.1, 0.15) is 11.5 Å². The van der Waals surface area contributed by atoms with E-state index in [0.29, 0.717) is 6.04 Å². The Hall–Kier alpha value is -2.34. The molecule has 1 aliphatic carbocycles. The van der Waals surface area contributed by atoms with Gasteiger partial charge in [-0.2, -0.15) is 0 Å². The zero-order valence-corrected chi connectivity index (χ0v) is 17.9. The summed E-state index contributed by atoms with van der Waals surface area (Å²) in [7, 11) is 3.63. The van der Waals surface area contributed by atoms with E-state index in [1.807, 2.05) is 0 Å². The largest absolute Gasteiger partial charge is 0.468 e. The molecule has 5 heterocycles. The SMILES string of the molecule is C/C=C1\CN2[C@H]3C[C@@]45c6ccccc6N(C)[C@@H]4[C@@H]2CC1C3(C(=O)OC)C5OC(C)=O. The Morgan fingerprint density at radius 1 is 1.27 bits per heavy atom. The summed E-state index contributed by atoms with van der Waals surface area (Å²) >= 11 is 0. The lowest BCUT2D eigenvalue weighted by Crippen LogP contribution is -2.71. The summed E-state index contributed by atoms with van der Waals surface area (Å²) in [5.41, 5.74) is 2.43. The number of allylic oxidation sites excluding steroid dienone is 1. The number of carbonyl (C=O) groups is 2. The number of hydrogen-bond donors (Lipinski definition) is 0. The van der Waals surface area contributed by atoms with E-state index >= 15 is 0 Å². The van der Waals surface area contributed by atoms with Crippen LogP contribution in [0.15, 0.2) is 35.9 Å². The van der Waals surface area contributed by atoms with Gasteiger partial charge in [0, 0.05) is 44.2 Å². The van der Waals surface area contributed by atoms with Gasteiger partial charge in [-0.3, -0.25) is 14.5 Å². The molecule has 1 spiro atoms. The normalized spacial score (nSPS) is 45.5. The van der Waals surface area contributed by atoms with E-state index in [4.69, 9.17) is 9.47 Å². The lowest BCUT2D eigenvalue weighted by molar-refractivity contribution is -0.187. The molecular formula is C24H28N2O4. The quantitative estimate of drug-likeness (QED) is 0.553. The van der Waals surface area contributed by atoms with Crippen molar-refractivity contribution in [2.24, 2.45) is 11.3 Å². The summed E-state index contributed by atoms with van der Waals surface area (Å²) < 4.78 is 11.7. The highest BCUT2D eigenvalue weighted by molar-refractivity contribution is 5.85. The van der Waals surface area contributed by atoms with Crippen LogP contribution in [0, 0.1) is 11.3 Å². The smallest absolute Gasteiger partial charge is 0.317 e. The van der Waals surface area contributed by atoms with Gasteiger partial charge in [0.05, 0.1) is 18.6 Å². The second kappa shape index (κ2) is 5.67. The highest BCUT2D eigenvalue weighted by Gasteiger charge is 2.84. The third-order valence-electron chi connectivity index (χ3n) is 8.97. The fourth-order valence-electron chi connectivity index (χ4n) is 8.30. The van der Waals surface area contributed by atoms with Crippen molar-refractivity contribution in [2.45, 2.75) is 56.3 Å². The number of carbonyl (C=O) groups excluding carboxylic acids is 2. The first-order valence-electron chi connectivity index (χ1n) is 10.9. The van der Waals surface area contributed by atoms with Crippen LogP contribution >= 0.6 is 0 Å². The maximum atomic E-state index is 13.7. The molecule has 5 fully saturated rings. The zero-order valence-electron chi connectivity index (χ0n) is 17.9. The van der Waals surface area contributed by atoms with Gasteiger partial charge < -0.3 is 14.4 Å². The van der Waals surface area contributed by atoms with E-state index < -0.39 is 16.9 Å². The average Bonchev–Trinajstić information content (AvgIpc) is 3.14. The predicted molar refractivity (Wildman–Crippen MR) is 111 cm³/mol. The molecule has 1 aromatic rings. The number of methoxy groups -OCH3 is 1. The molecule has 5 aliphatic heterocycles. The van der Waals surface area contributed by atoms with Crippen molar-refractivity contribution in [3.8, 4) is 0 Å². The van der Waals surface area contributed by atoms with Gasteiger partial charge >= 0.3 is 11.9 Å². The van der Waals surface area contributed by atoms with Crippen molar-refractivity contribution in [2.75, 3.05) is 25.6 Å². The highest BCUT2D eigenvalue weighted by atomic mass is 16.6. The predicted octanol–water partition coefficient (Wildman–Crippen LogP) is 2.27. The van der Waals surface area contributed by atoms with Gasteiger partial charge in [0.2, 0.25) is 0 Å². The van der Waals surface area contributed by atoms with Crippen LogP contribution < -0.4 is 4.90 Å². The fourth-order valence-corrected chi connectivity index (χ4v) is 8.30. The van der Waals surface area contributed by atoms with E-state index in [2.05, 4.69) is 54.1 Å². The van der Waals surface area contributed by atoms with Gasteiger partial charge in [-0.1, -0.05) is 29.8 Å². The standard InChI is InChI=1S/C24H28N2O4/c1-5-14-12-26-18-10-16(14)24(22(28)29-4)19(26)11-23(21(24)30-13(2)27)15-8-6-7-9-17(15)25(3)20(18)23/h5-9,16,18-21H,10-12H2,1-4H3/b14-5+/t16?,18-,19-,20+,21?,23+,24?/m0/s1. The summed E-state index contributed by atoms with van der Waals surface area (Å²) in [6.45, 7) is 4.40. The summed E-state index contributed by atoms with van der Waals surface area (Å²) in [6.07, 6.45) is 3.33. The number of rotatable bonds is 2. The maximum absolute atomic E-state index is 13.7. The lowest BCUT2D eigenvalue weighted by Gasteiger charge is -2.61. The Bertz CT molecular complexity index is 1000. The molecule has 158 valence electrons. The number of nitrogens with zero attached hydrogens (tertiary/aromatic N) is 2. The molecule has 5 bridgehead atoms. The minimum absolute atomic E-state index is 0.0255. The molecule has 0 radical (unpaired) electrons. The van der Waals surface area contributed by atoms with E-state index in [1.54, 1.807) is 0 Å². The van der Waals surface area contributed by atoms with Crippen molar-refractivity contribution < 1.29 is 19.1 Å². The molecule has 6 heteroatoms. The zero-order chi connectivity index (χ0) is 21.0. The minimum Gasteiger partial charge on any atom is -0.468 e. The van der Waals surface area contributed by atoms with Crippen LogP contribution in [-0.2, 0) is 24.5 Å². The van der Waals surface area contributed by atoms with Gasteiger partial charge in [-0.25, -0.2) is 0 Å². The Morgan fingerprint density at radius 2 is 2.03 bits per heavy atom. The molecule has 0 aromatic heterocycles. The number of hydrogen-bond acceptors (Lipinski definition) is 6. The third kappa shape index (κ3) is 1.71. The molecule has 1 aromatic carbocycles. The van der Waals surface area contributed by atoms with Crippen LogP contribution in [0.25, 0.3) is 0 Å². The molecule has 30 heavy (non-hydrogen) atoms. The van der Waals surface area contributed by atoms with Crippen LogP contribution in [0.5, 0.6) is 0 Å². The van der Waals surface area contributed by atoms with Crippen molar-refractivity contribution >= 4 is 17.6 Å². The summed E-state index contributed by atoms with van der Waals surface area (Å²) in [5.74, 6) is -0.506. The number of likely N-dealkylation sites (N-methyl/N-ethyl adjacent to an activating group) is 1. The molecule has 4 saturated heterocycles. The van der Waals surface area contributed by atoms with Gasteiger partial charge in [-0.15, -0.1) is 0 Å². The van der Waals surface area contributed by atoms with Crippen molar-refractivity contribution in [1.29, 1.82) is 0 Å². The van der Waals surface area contributed by atoms with E-state index in [0.717, 1.165) is 19.4 Å². The van der Waals surface area contributed by atoms with Crippen LogP contribution in [0.1, 0.15) is 32.3 Å². The first-order valence-corrected chi connectivity index (χ1v) is 10.9. The Morgan fingerprint density at radius 3 is 2.73 bits per heavy atom. The number of para-hydroxylation sites is 1. The van der Waals surface area contributed by atoms with E-state index in [9.17, 15) is 9.59 Å². The number of anilines is 1. The summed E-state index contributed by atoms with van der Waals surface area (Å²) in [6, 6.07) is 8.99. The van der Waals surface area contributed by atoms with Crippen molar-refractivity contribution in [3.05, 3.63) is 41.5 Å².